The molecule has 3 aromatic carbocycles. The first-order chi connectivity index (χ1) is 20.6. The molecule has 230 valence electrons. The molecule has 1 aliphatic heterocycles. The lowest BCUT2D eigenvalue weighted by Gasteiger charge is -2.20. The number of halogens is 5. The third-order valence-corrected chi connectivity index (χ3v) is 7.72. The lowest BCUT2D eigenvalue weighted by molar-refractivity contribution is -0.151. The molecule has 0 bridgehead atoms. The van der Waals surface area contributed by atoms with Gasteiger partial charge in [0.05, 0.1) is 12.2 Å². The second-order valence-electron chi connectivity index (χ2n) is 10.9. The summed E-state index contributed by atoms with van der Waals surface area (Å²) >= 11 is 0. The average Bonchev–Trinajstić information content (AvgIpc) is 3.40. The van der Waals surface area contributed by atoms with Crippen LogP contribution in [-0.4, -0.2) is 55.9 Å². The summed E-state index contributed by atoms with van der Waals surface area (Å²) in [6.07, 6.45) is -5.26. The van der Waals surface area contributed by atoms with E-state index >= 15 is 0 Å². The summed E-state index contributed by atoms with van der Waals surface area (Å²) in [6, 6.07) is 15.7. The van der Waals surface area contributed by atoms with Crippen LogP contribution in [0.2, 0.25) is 0 Å². The van der Waals surface area contributed by atoms with Crippen LogP contribution < -0.4 is 14.8 Å². The SMILES string of the molecule is CCOC(=O)[C@H](Cc1ccc(OCCNC2[C@H]3CN(Cc4ccc(C(F)(F)F)cc4)C[C@@H]23)cc1)Oc1cc(F)cc(F)c1. The fraction of sp³-hybridized carbons (Fsp3) is 0.406. The monoisotopic (exact) mass is 604 g/mol. The van der Waals surface area contributed by atoms with Crippen molar-refractivity contribution in [2.75, 3.05) is 32.8 Å². The highest BCUT2D eigenvalue weighted by Gasteiger charge is 2.55. The van der Waals surface area contributed by atoms with Crippen molar-refractivity contribution in [1.82, 2.24) is 10.2 Å². The molecule has 11 heteroatoms. The molecule has 43 heavy (non-hydrogen) atoms. The Kier molecular flexibility index (Phi) is 9.51. The van der Waals surface area contributed by atoms with Gasteiger partial charge in [-0.1, -0.05) is 24.3 Å². The van der Waals surface area contributed by atoms with Gasteiger partial charge in [0.1, 0.15) is 29.7 Å². The zero-order valence-corrected chi connectivity index (χ0v) is 23.6. The van der Waals surface area contributed by atoms with Crippen molar-refractivity contribution < 1.29 is 41.0 Å². The number of hydrogen-bond acceptors (Lipinski definition) is 6. The van der Waals surface area contributed by atoms with Crippen LogP contribution in [0.1, 0.15) is 23.6 Å². The quantitative estimate of drug-likeness (QED) is 0.155. The molecule has 1 N–H and O–H groups in total. The maximum absolute atomic E-state index is 13.6. The van der Waals surface area contributed by atoms with Gasteiger partial charge < -0.3 is 19.5 Å². The number of ether oxygens (including phenoxy) is 3. The number of rotatable bonds is 13. The van der Waals surface area contributed by atoms with Crippen LogP contribution in [0.5, 0.6) is 11.5 Å². The van der Waals surface area contributed by atoms with Crippen molar-refractivity contribution in [2.24, 2.45) is 11.8 Å². The Morgan fingerprint density at radius 1 is 0.930 bits per heavy atom. The summed E-state index contributed by atoms with van der Waals surface area (Å²) in [4.78, 5) is 14.7. The Balaban J connectivity index is 1.02. The number of alkyl halides is 3. The normalized spacial score (nSPS) is 20.4. The van der Waals surface area contributed by atoms with Crippen LogP contribution in [0, 0.1) is 23.5 Å². The molecule has 0 aromatic heterocycles. The molecule has 0 spiro atoms. The molecule has 4 atom stereocenters. The van der Waals surface area contributed by atoms with E-state index in [2.05, 4.69) is 10.2 Å². The highest BCUT2D eigenvalue weighted by molar-refractivity contribution is 5.75. The second-order valence-corrected chi connectivity index (χ2v) is 10.9. The standard InChI is InChI=1S/C32H33F5N2O4/c1-2-41-31(40)29(43-26-15-23(33)14-24(34)16-26)13-20-5-9-25(10-6-20)42-12-11-38-30-27-18-39(19-28(27)30)17-21-3-7-22(8-4-21)32(35,36)37/h3-10,14-16,27-30,38H,2,11-13,17-19H2,1H3/t27-,28+,29-,30?/m0/s1. The maximum atomic E-state index is 13.6. The average molecular weight is 605 g/mol. The van der Waals surface area contributed by atoms with Gasteiger partial charge in [-0.05, 0) is 54.2 Å². The summed E-state index contributed by atoms with van der Waals surface area (Å²) < 4.78 is 82.0. The summed E-state index contributed by atoms with van der Waals surface area (Å²) in [6.45, 7) is 5.40. The van der Waals surface area contributed by atoms with Gasteiger partial charge in [-0.2, -0.15) is 13.2 Å². The number of piperidine rings is 1. The second kappa shape index (κ2) is 13.3. The molecular weight excluding hydrogens is 571 g/mol. The highest BCUT2D eigenvalue weighted by atomic mass is 19.4. The number of benzene rings is 3. The number of hydrogen-bond donors (Lipinski definition) is 1. The van der Waals surface area contributed by atoms with E-state index < -0.39 is 35.4 Å². The third-order valence-electron chi connectivity index (χ3n) is 7.72. The smallest absolute Gasteiger partial charge is 0.416 e. The van der Waals surface area contributed by atoms with Crippen LogP contribution in [0.25, 0.3) is 0 Å². The molecule has 1 saturated carbocycles. The van der Waals surface area contributed by atoms with Gasteiger partial charge in [0.2, 0.25) is 0 Å². The van der Waals surface area contributed by atoms with E-state index in [1.54, 1.807) is 43.3 Å². The number of nitrogens with one attached hydrogen (secondary N) is 1. The van der Waals surface area contributed by atoms with E-state index in [1.165, 1.54) is 0 Å². The molecule has 6 nitrogen and oxygen atoms in total. The fourth-order valence-corrected chi connectivity index (χ4v) is 5.60. The summed E-state index contributed by atoms with van der Waals surface area (Å²) in [7, 11) is 0. The Labute approximate surface area is 246 Å². The summed E-state index contributed by atoms with van der Waals surface area (Å²) in [5.41, 5.74) is 1.01. The minimum Gasteiger partial charge on any atom is -0.492 e. The van der Waals surface area contributed by atoms with Crippen molar-refractivity contribution in [3.05, 3.63) is 95.1 Å². The minimum absolute atomic E-state index is 0.102. The predicted molar refractivity (Wildman–Crippen MR) is 149 cm³/mol. The molecule has 0 amide bonds. The van der Waals surface area contributed by atoms with Crippen LogP contribution in [-0.2, 0) is 28.7 Å². The lowest BCUT2D eigenvalue weighted by Crippen LogP contribution is -2.33. The summed E-state index contributed by atoms with van der Waals surface area (Å²) in [5.74, 6) is -0.625. The maximum Gasteiger partial charge on any atom is 0.416 e. The van der Waals surface area contributed by atoms with Crippen molar-refractivity contribution in [2.45, 2.75) is 38.2 Å². The molecule has 3 aromatic rings. The van der Waals surface area contributed by atoms with Gasteiger partial charge >= 0.3 is 12.1 Å². The highest BCUT2D eigenvalue weighted by Crippen LogP contribution is 2.45. The van der Waals surface area contributed by atoms with Crippen molar-refractivity contribution in [1.29, 1.82) is 0 Å². The molecular formula is C32H33F5N2O4. The zero-order chi connectivity index (χ0) is 30.6. The number of fused-ring (bicyclic) bond motifs is 1. The Morgan fingerprint density at radius 2 is 1.56 bits per heavy atom. The van der Waals surface area contributed by atoms with Crippen LogP contribution in [0.15, 0.2) is 66.7 Å². The molecule has 2 fully saturated rings. The Hall–Kier alpha value is -3.70. The summed E-state index contributed by atoms with van der Waals surface area (Å²) in [5, 5.41) is 3.53. The van der Waals surface area contributed by atoms with Crippen molar-refractivity contribution in [3.63, 3.8) is 0 Å². The van der Waals surface area contributed by atoms with Gasteiger partial charge in [0.15, 0.2) is 6.10 Å². The predicted octanol–water partition coefficient (Wildman–Crippen LogP) is 5.64. The van der Waals surface area contributed by atoms with Crippen molar-refractivity contribution in [3.8, 4) is 11.5 Å². The Morgan fingerprint density at radius 3 is 2.16 bits per heavy atom. The first-order valence-corrected chi connectivity index (χ1v) is 14.2. The minimum atomic E-state index is -4.32. The fourth-order valence-electron chi connectivity index (χ4n) is 5.60. The van der Waals surface area contributed by atoms with E-state index in [9.17, 15) is 26.7 Å². The Bertz CT molecular complexity index is 1350. The number of carbonyl (C=O) groups excluding carboxylic acids is 1. The van der Waals surface area contributed by atoms with E-state index in [1.807, 2.05) is 0 Å². The number of carbonyl (C=O) groups is 1. The molecule has 1 saturated heterocycles. The lowest BCUT2D eigenvalue weighted by atomic mass is 10.1. The first kappa shape index (κ1) is 30.7. The third kappa shape index (κ3) is 8.23. The van der Waals surface area contributed by atoms with Gasteiger partial charge in [-0.25, -0.2) is 13.6 Å². The van der Waals surface area contributed by atoms with Gasteiger partial charge in [-0.3, -0.25) is 4.90 Å². The molecule has 5 rings (SSSR count). The molecule has 1 heterocycles. The van der Waals surface area contributed by atoms with Gasteiger partial charge in [0.25, 0.3) is 0 Å². The topological polar surface area (TPSA) is 60.0 Å². The molecule has 1 aliphatic carbocycles. The molecule has 2 aliphatic rings. The number of nitrogens with zero attached hydrogens (tertiary/aromatic N) is 1. The first-order valence-electron chi connectivity index (χ1n) is 14.2. The van der Waals surface area contributed by atoms with Gasteiger partial charge in [-0.15, -0.1) is 0 Å². The van der Waals surface area contributed by atoms with E-state index in [-0.39, 0.29) is 18.8 Å². The van der Waals surface area contributed by atoms with Crippen molar-refractivity contribution >= 4 is 5.97 Å². The van der Waals surface area contributed by atoms with Crippen LogP contribution >= 0.6 is 0 Å². The van der Waals surface area contributed by atoms with E-state index in [0.29, 0.717) is 43.3 Å². The van der Waals surface area contributed by atoms with Gasteiger partial charge in [0, 0.05) is 56.8 Å². The van der Waals surface area contributed by atoms with E-state index in [4.69, 9.17) is 14.2 Å². The van der Waals surface area contributed by atoms with E-state index in [0.717, 1.165) is 54.5 Å². The molecule has 0 radical (unpaired) electrons. The van der Waals surface area contributed by atoms with Crippen LogP contribution in [0.3, 0.4) is 0 Å². The zero-order valence-electron chi connectivity index (χ0n) is 23.6. The number of likely N-dealkylation sites (tertiary alicyclic amines) is 1. The number of esters is 1. The van der Waals surface area contributed by atoms with Crippen LogP contribution in [0.4, 0.5) is 22.0 Å². The molecule has 1 unspecified atom stereocenters. The largest absolute Gasteiger partial charge is 0.492 e.